The lowest BCUT2D eigenvalue weighted by Gasteiger charge is -2.44. The van der Waals surface area contributed by atoms with Crippen LogP contribution < -0.4 is 0 Å². The maximum atomic E-state index is 15.0. The van der Waals surface area contributed by atoms with Gasteiger partial charge in [-0.15, -0.1) is 0 Å². The van der Waals surface area contributed by atoms with E-state index in [1.165, 1.54) is 6.07 Å². The highest BCUT2D eigenvalue weighted by Gasteiger charge is 2.46. The fourth-order valence-electron chi connectivity index (χ4n) is 3.97. The first-order valence-corrected chi connectivity index (χ1v) is 9.45. The van der Waals surface area contributed by atoms with E-state index in [2.05, 4.69) is 32.8 Å². The summed E-state index contributed by atoms with van der Waals surface area (Å²) in [7, 11) is 1.90. The third kappa shape index (κ3) is 2.39. The Kier molecular flexibility index (Phi) is 3.80. The number of fused-ring (bicyclic) bond motifs is 2. The van der Waals surface area contributed by atoms with Crippen LogP contribution in [-0.4, -0.2) is 21.0 Å². The van der Waals surface area contributed by atoms with Gasteiger partial charge in [0, 0.05) is 34.0 Å². The van der Waals surface area contributed by atoms with Gasteiger partial charge in [0.1, 0.15) is 5.82 Å². The molecule has 0 radical (unpaired) electrons. The molecule has 0 unspecified atom stereocenters. The van der Waals surface area contributed by atoms with Gasteiger partial charge >= 0.3 is 0 Å². The van der Waals surface area contributed by atoms with E-state index < -0.39 is 11.0 Å². The predicted octanol–water partition coefficient (Wildman–Crippen LogP) is 5.58. The number of aromatic nitrogens is 2. The fourth-order valence-corrected chi connectivity index (χ4v) is 4.13. The highest BCUT2D eigenvalue weighted by molar-refractivity contribution is 6.32. The Hall–Kier alpha value is -2.20. The lowest BCUT2D eigenvalue weighted by molar-refractivity contribution is 0.293. The average Bonchev–Trinajstić information content (AvgIpc) is 2.91. The Morgan fingerprint density at radius 1 is 1.07 bits per heavy atom. The molecule has 5 heteroatoms. The molecule has 0 bridgehead atoms. The van der Waals surface area contributed by atoms with Crippen LogP contribution in [0.2, 0.25) is 5.02 Å². The number of halogens is 2. The fraction of sp³-hybridized carbons (Fsp3) is 0.364. The Balaban J connectivity index is 2.11. The molecular weight excluding hydrogens is 361 g/mol. The van der Waals surface area contributed by atoms with E-state index in [9.17, 15) is 4.39 Å². The summed E-state index contributed by atoms with van der Waals surface area (Å²) in [5.41, 5.74) is 4.08. The standard InChI is InChI=1S/C22H23ClFN3/c1-12-15(23)11-10-14-18(12)26-27(6)20(14)19-13-8-7-9-16(24)17(13)21(2,3)22(4,5)25-19/h7-11H,1-6H3. The summed E-state index contributed by atoms with van der Waals surface area (Å²) in [6, 6.07) is 9.09. The van der Waals surface area contributed by atoms with Crippen molar-refractivity contribution in [3.63, 3.8) is 0 Å². The molecule has 0 atom stereocenters. The van der Waals surface area contributed by atoms with Gasteiger partial charge in [0.25, 0.3) is 0 Å². The highest BCUT2D eigenvalue weighted by atomic mass is 35.5. The zero-order valence-corrected chi connectivity index (χ0v) is 17.2. The minimum Gasteiger partial charge on any atom is -0.275 e. The number of rotatable bonds is 1. The van der Waals surface area contributed by atoms with Gasteiger partial charge in [0.15, 0.2) is 0 Å². The van der Waals surface area contributed by atoms with Gasteiger partial charge in [-0.3, -0.25) is 9.67 Å². The maximum absolute atomic E-state index is 15.0. The Labute approximate surface area is 163 Å². The summed E-state index contributed by atoms with van der Waals surface area (Å²) in [4.78, 5) is 5.11. The van der Waals surface area contributed by atoms with Crippen molar-refractivity contribution in [1.29, 1.82) is 0 Å². The SMILES string of the molecule is Cc1c(Cl)ccc2c(C3=NC(C)(C)C(C)(C)c4c(F)cccc43)n(C)nc12. The van der Waals surface area contributed by atoms with Crippen LogP contribution in [0.4, 0.5) is 4.39 Å². The van der Waals surface area contributed by atoms with Gasteiger partial charge in [-0.05, 0) is 44.5 Å². The summed E-state index contributed by atoms with van der Waals surface area (Å²) in [5.74, 6) is -0.191. The zero-order chi connectivity index (χ0) is 19.7. The summed E-state index contributed by atoms with van der Waals surface area (Å²) in [6.07, 6.45) is 0. The molecular formula is C22H23ClFN3. The van der Waals surface area contributed by atoms with E-state index in [-0.39, 0.29) is 5.82 Å². The van der Waals surface area contributed by atoms with Gasteiger partial charge in [0.05, 0.1) is 22.5 Å². The molecule has 2 aromatic carbocycles. The van der Waals surface area contributed by atoms with E-state index in [0.717, 1.165) is 33.4 Å². The van der Waals surface area contributed by atoms with Crippen molar-refractivity contribution in [2.45, 2.75) is 45.6 Å². The second-order valence-electron chi connectivity index (χ2n) is 8.35. The Morgan fingerprint density at radius 3 is 2.48 bits per heavy atom. The largest absolute Gasteiger partial charge is 0.275 e. The molecule has 2 heterocycles. The Morgan fingerprint density at radius 2 is 1.78 bits per heavy atom. The number of benzene rings is 2. The number of aryl methyl sites for hydroxylation is 2. The second-order valence-corrected chi connectivity index (χ2v) is 8.75. The third-order valence-electron chi connectivity index (χ3n) is 6.23. The van der Waals surface area contributed by atoms with Crippen molar-refractivity contribution in [2.75, 3.05) is 0 Å². The molecule has 3 aromatic rings. The molecule has 0 aliphatic carbocycles. The van der Waals surface area contributed by atoms with Crippen LogP contribution in [0.15, 0.2) is 35.3 Å². The number of aliphatic imine (C=N–C) groups is 1. The molecule has 1 aromatic heterocycles. The van der Waals surface area contributed by atoms with Crippen LogP contribution in [-0.2, 0) is 12.5 Å². The van der Waals surface area contributed by atoms with E-state index in [1.807, 2.05) is 36.9 Å². The van der Waals surface area contributed by atoms with Crippen LogP contribution in [0.1, 0.15) is 50.1 Å². The minimum absolute atomic E-state index is 0.191. The van der Waals surface area contributed by atoms with Crippen molar-refractivity contribution < 1.29 is 4.39 Å². The van der Waals surface area contributed by atoms with Crippen molar-refractivity contribution >= 4 is 28.2 Å². The molecule has 4 rings (SSSR count). The maximum Gasteiger partial charge on any atom is 0.127 e. The monoisotopic (exact) mass is 383 g/mol. The van der Waals surface area contributed by atoms with Crippen LogP contribution in [0, 0.1) is 12.7 Å². The van der Waals surface area contributed by atoms with Gasteiger partial charge in [0.2, 0.25) is 0 Å². The number of nitrogens with zero attached hydrogens (tertiary/aromatic N) is 3. The van der Waals surface area contributed by atoms with Gasteiger partial charge in [-0.25, -0.2) is 4.39 Å². The quantitative estimate of drug-likeness (QED) is 0.539. The molecule has 3 nitrogen and oxygen atoms in total. The van der Waals surface area contributed by atoms with E-state index >= 15 is 0 Å². The smallest absolute Gasteiger partial charge is 0.127 e. The summed E-state index contributed by atoms with van der Waals surface area (Å²) < 4.78 is 16.8. The normalized spacial score (nSPS) is 17.7. The summed E-state index contributed by atoms with van der Waals surface area (Å²) in [6.45, 7) is 10.2. The number of hydrogen-bond acceptors (Lipinski definition) is 2. The lowest BCUT2D eigenvalue weighted by atomic mass is 9.65. The average molecular weight is 384 g/mol. The van der Waals surface area contributed by atoms with Crippen LogP contribution in [0.25, 0.3) is 10.9 Å². The molecule has 1 aliphatic heterocycles. The molecule has 0 amide bonds. The topological polar surface area (TPSA) is 30.2 Å². The van der Waals surface area contributed by atoms with Crippen LogP contribution in [0.5, 0.6) is 0 Å². The molecule has 0 spiro atoms. The zero-order valence-electron chi connectivity index (χ0n) is 16.5. The molecule has 0 fully saturated rings. The van der Waals surface area contributed by atoms with E-state index in [0.29, 0.717) is 10.6 Å². The Bertz CT molecular complexity index is 1120. The van der Waals surface area contributed by atoms with Gasteiger partial charge < -0.3 is 0 Å². The molecule has 1 aliphatic rings. The van der Waals surface area contributed by atoms with Crippen LogP contribution in [0.3, 0.4) is 0 Å². The predicted molar refractivity (Wildman–Crippen MR) is 110 cm³/mol. The second kappa shape index (κ2) is 5.65. The van der Waals surface area contributed by atoms with Gasteiger partial charge in [-0.2, -0.15) is 5.10 Å². The molecule has 27 heavy (non-hydrogen) atoms. The van der Waals surface area contributed by atoms with Crippen molar-refractivity contribution in [2.24, 2.45) is 12.0 Å². The summed E-state index contributed by atoms with van der Waals surface area (Å²) in [5, 5.41) is 6.35. The van der Waals surface area contributed by atoms with E-state index in [4.69, 9.17) is 16.6 Å². The molecule has 0 saturated carbocycles. The number of hydrogen-bond donors (Lipinski definition) is 0. The minimum atomic E-state index is -0.477. The first-order chi connectivity index (χ1) is 12.6. The van der Waals surface area contributed by atoms with Crippen LogP contribution >= 0.6 is 11.6 Å². The summed E-state index contributed by atoms with van der Waals surface area (Å²) >= 11 is 6.29. The first kappa shape index (κ1) is 18.2. The molecule has 140 valence electrons. The van der Waals surface area contributed by atoms with Crippen molar-refractivity contribution in [1.82, 2.24) is 9.78 Å². The third-order valence-corrected chi connectivity index (χ3v) is 6.64. The van der Waals surface area contributed by atoms with Crippen molar-refractivity contribution in [3.05, 3.63) is 63.6 Å². The first-order valence-electron chi connectivity index (χ1n) is 9.07. The molecule has 0 saturated heterocycles. The van der Waals surface area contributed by atoms with Crippen molar-refractivity contribution in [3.8, 4) is 0 Å². The lowest BCUT2D eigenvalue weighted by Crippen LogP contribution is -2.47. The molecule has 0 N–H and O–H groups in total. The highest BCUT2D eigenvalue weighted by Crippen LogP contribution is 2.45. The van der Waals surface area contributed by atoms with Gasteiger partial charge in [-0.1, -0.05) is 37.6 Å². The van der Waals surface area contributed by atoms with E-state index in [1.54, 1.807) is 6.07 Å².